The van der Waals surface area contributed by atoms with Crippen LogP contribution in [-0.2, 0) is 11.2 Å². The molecule has 1 aliphatic carbocycles. The molecule has 110 valence electrons. The van der Waals surface area contributed by atoms with Crippen molar-refractivity contribution in [2.75, 3.05) is 13.7 Å². The second kappa shape index (κ2) is 6.10. The summed E-state index contributed by atoms with van der Waals surface area (Å²) in [6, 6.07) is 9.12. The minimum absolute atomic E-state index is 0.168. The quantitative estimate of drug-likeness (QED) is 0.886. The summed E-state index contributed by atoms with van der Waals surface area (Å²) in [5, 5.41) is 0. The largest absolute Gasteiger partial charge is 0.439 e. The third-order valence-electron chi connectivity index (χ3n) is 3.44. The molecule has 0 bridgehead atoms. The van der Waals surface area contributed by atoms with Crippen LogP contribution < -0.4 is 10.3 Å². The van der Waals surface area contributed by atoms with Gasteiger partial charge in [-0.2, -0.15) is 4.98 Å². The van der Waals surface area contributed by atoms with Gasteiger partial charge < -0.3 is 14.5 Å². The molecule has 0 unspecified atom stereocenters. The normalized spacial score (nSPS) is 14.1. The average Bonchev–Trinajstić information content (AvgIpc) is 3.30. The minimum atomic E-state index is -0.168. The van der Waals surface area contributed by atoms with Crippen LogP contribution in [0.1, 0.15) is 30.1 Å². The van der Waals surface area contributed by atoms with Crippen LogP contribution in [0.25, 0.3) is 0 Å². The molecule has 0 spiro atoms. The molecule has 1 aromatic heterocycles. The van der Waals surface area contributed by atoms with Gasteiger partial charge in [-0.3, -0.25) is 4.79 Å². The fourth-order valence-corrected chi connectivity index (χ4v) is 2.12. The summed E-state index contributed by atoms with van der Waals surface area (Å²) < 4.78 is 10.7. The van der Waals surface area contributed by atoms with Crippen LogP contribution in [0, 0.1) is 0 Å². The van der Waals surface area contributed by atoms with Gasteiger partial charge in [-0.15, -0.1) is 0 Å². The lowest BCUT2D eigenvalue weighted by atomic mass is 10.1. The maximum Gasteiger partial charge on any atom is 0.254 e. The molecule has 1 heterocycles. The highest BCUT2D eigenvalue weighted by Crippen LogP contribution is 2.38. The first-order valence-electron chi connectivity index (χ1n) is 7.11. The lowest BCUT2D eigenvalue weighted by Gasteiger charge is -2.07. The van der Waals surface area contributed by atoms with Crippen molar-refractivity contribution in [3.05, 3.63) is 52.1 Å². The number of aromatic amines is 1. The Bertz CT molecular complexity index is 660. The Hall–Kier alpha value is -2.14. The molecule has 0 amide bonds. The molecule has 0 radical (unpaired) electrons. The van der Waals surface area contributed by atoms with Crippen LogP contribution in [0.3, 0.4) is 0 Å². The molecule has 1 aliphatic rings. The number of H-pyrrole nitrogens is 1. The van der Waals surface area contributed by atoms with E-state index < -0.39 is 0 Å². The number of benzene rings is 1. The molecule has 5 heteroatoms. The van der Waals surface area contributed by atoms with E-state index in [1.807, 2.05) is 24.3 Å². The summed E-state index contributed by atoms with van der Waals surface area (Å²) in [4.78, 5) is 18.7. The van der Waals surface area contributed by atoms with Crippen molar-refractivity contribution in [2.24, 2.45) is 0 Å². The van der Waals surface area contributed by atoms with Crippen LogP contribution in [0.15, 0.2) is 35.1 Å². The molecule has 2 aromatic rings. The van der Waals surface area contributed by atoms with E-state index in [1.54, 1.807) is 7.11 Å². The lowest BCUT2D eigenvalue weighted by Crippen LogP contribution is -2.10. The van der Waals surface area contributed by atoms with E-state index in [-0.39, 0.29) is 5.56 Å². The Morgan fingerprint density at radius 1 is 1.29 bits per heavy atom. The Balaban J connectivity index is 1.72. The van der Waals surface area contributed by atoms with Gasteiger partial charge in [-0.05, 0) is 37.0 Å². The van der Waals surface area contributed by atoms with E-state index in [1.165, 1.54) is 11.6 Å². The van der Waals surface area contributed by atoms with Crippen LogP contribution in [0.2, 0.25) is 0 Å². The third-order valence-corrected chi connectivity index (χ3v) is 3.44. The molecule has 3 rings (SSSR count). The summed E-state index contributed by atoms with van der Waals surface area (Å²) in [6.07, 6.45) is 3.03. The van der Waals surface area contributed by atoms with Crippen molar-refractivity contribution < 1.29 is 9.47 Å². The highest BCUT2D eigenvalue weighted by atomic mass is 16.5. The fourth-order valence-electron chi connectivity index (χ4n) is 2.12. The predicted molar refractivity (Wildman–Crippen MR) is 78.9 cm³/mol. The van der Waals surface area contributed by atoms with Gasteiger partial charge in [0.25, 0.3) is 5.56 Å². The average molecular weight is 286 g/mol. The fraction of sp³-hybridized carbons (Fsp3) is 0.375. The molecule has 0 aliphatic heterocycles. The van der Waals surface area contributed by atoms with Crippen molar-refractivity contribution in [1.29, 1.82) is 0 Å². The molecular formula is C16H18N2O3. The predicted octanol–water partition coefficient (Wildman–Crippen LogP) is 2.63. The highest BCUT2D eigenvalue weighted by molar-refractivity contribution is 5.30. The highest BCUT2D eigenvalue weighted by Gasteiger charge is 2.26. The van der Waals surface area contributed by atoms with E-state index in [0.29, 0.717) is 24.2 Å². The number of hydrogen-bond acceptors (Lipinski definition) is 4. The number of aromatic nitrogens is 2. The van der Waals surface area contributed by atoms with Gasteiger partial charge in [0, 0.05) is 13.0 Å². The SMILES string of the molecule is COCCc1ccc(Oc2cc(=O)[nH]c(C3CC3)n2)cc1. The molecule has 21 heavy (non-hydrogen) atoms. The zero-order chi connectivity index (χ0) is 14.7. The van der Waals surface area contributed by atoms with Gasteiger partial charge in [0.1, 0.15) is 11.6 Å². The van der Waals surface area contributed by atoms with Crippen molar-refractivity contribution in [2.45, 2.75) is 25.2 Å². The summed E-state index contributed by atoms with van der Waals surface area (Å²) in [5.41, 5.74) is 1.01. The van der Waals surface area contributed by atoms with Gasteiger partial charge in [0.05, 0.1) is 12.7 Å². The maximum absolute atomic E-state index is 11.6. The molecule has 0 atom stereocenters. The smallest absolute Gasteiger partial charge is 0.254 e. The second-order valence-electron chi connectivity index (χ2n) is 5.23. The van der Waals surface area contributed by atoms with Gasteiger partial charge in [-0.25, -0.2) is 0 Å². The number of methoxy groups -OCH3 is 1. The van der Waals surface area contributed by atoms with E-state index in [0.717, 1.165) is 25.1 Å². The first-order chi connectivity index (χ1) is 10.2. The van der Waals surface area contributed by atoms with Gasteiger partial charge in [0.15, 0.2) is 0 Å². The zero-order valence-electron chi connectivity index (χ0n) is 12.0. The van der Waals surface area contributed by atoms with Crippen molar-refractivity contribution >= 4 is 0 Å². The first kappa shape index (κ1) is 13.8. The molecule has 5 nitrogen and oxygen atoms in total. The van der Waals surface area contributed by atoms with Crippen LogP contribution in [0.4, 0.5) is 0 Å². The summed E-state index contributed by atoms with van der Waals surface area (Å²) in [6.45, 7) is 0.695. The Kier molecular flexibility index (Phi) is 4.01. The summed E-state index contributed by atoms with van der Waals surface area (Å²) in [5.74, 6) is 2.15. The number of nitrogens with zero attached hydrogens (tertiary/aromatic N) is 1. The van der Waals surface area contributed by atoms with Gasteiger partial charge in [-0.1, -0.05) is 12.1 Å². The maximum atomic E-state index is 11.6. The van der Waals surface area contributed by atoms with Crippen molar-refractivity contribution in [3.63, 3.8) is 0 Å². The number of nitrogens with one attached hydrogen (secondary N) is 1. The number of ether oxygens (including phenoxy) is 2. The van der Waals surface area contributed by atoms with Crippen molar-refractivity contribution in [3.8, 4) is 11.6 Å². The monoisotopic (exact) mass is 286 g/mol. The standard InChI is InChI=1S/C16H18N2O3/c1-20-9-8-11-2-6-13(7-3-11)21-15-10-14(19)17-16(18-15)12-4-5-12/h2-3,6-7,10,12H,4-5,8-9H2,1H3,(H,17,18,19). The molecule has 1 fully saturated rings. The van der Waals surface area contributed by atoms with Crippen LogP contribution in [0.5, 0.6) is 11.6 Å². The molecule has 1 aromatic carbocycles. The Labute approximate surface area is 123 Å². The summed E-state index contributed by atoms with van der Waals surface area (Å²) in [7, 11) is 1.69. The van der Waals surface area contributed by atoms with Crippen LogP contribution >= 0.6 is 0 Å². The third kappa shape index (κ3) is 3.70. The van der Waals surface area contributed by atoms with Gasteiger partial charge >= 0.3 is 0 Å². The Morgan fingerprint density at radius 2 is 2.05 bits per heavy atom. The number of rotatable bonds is 6. The van der Waals surface area contributed by atoms with Gasteiger partial charge in [0.2, 0.25) is 5.88 Å². The van der Waals surface area contributed by atoms with Crippen molar-refractivity contribution in [1.82, 2.24) is 9.97 Å². The number of hydrogen-bond donors (Lipinski definition) is 1. The van der Waals surface area contributed by atoms with E-state index >= 15 is 0 Å². The second-order valence-corrected chi connectivity index (χ2v) is 5.23. The molecule has 1 N–H and O–H groups in total. The van der Waals surface area contributed by atoms with E-state index in [9.17, 15) is 4.79 Å². The molecule has 1 saturated carbocycles. The van der Waals surface area contributed by atoms with Crippen LogP contribution in [-0.4, -0.2) is 23.7 Å². The first-order valence-corrected chi connectivity index (χ1v) is 7.11. The van der Waals surface area contributed by atoms with E-state index in [2.05, 4.69) is 9.97 Å². The Morgan fingerprint density at radius 3 is 2.71 bits per heavy atom. The van der Waals surface area contributed by atoms with E-state index in [4.69, 9.17) is 9.47 Å². The minimum Gasteiger partial charge on any atom is -0.439 e. The lowest BCUT2D eigenvalue weighted by molar-refractivity contribution is 0.202. The topological polar surface area (TPSA) is 64.2 Å². The summed E-state index contributed by atoms with van der Waals surface area (Å²) >= 11 is 0. The molecule has 0 saturated heterocycles. The molecular weight excluding hydrogens is 268 g/mol. The zero-order valence-corrected chi connectivity index (χ0v) is 12.0.